The molecule has 0 radical (unpaired) electrons. The van der Waals surface area contributed by atoms with Gasteiger partial charge in [0.1, 0.15) is 6.07 Å². The Balaban J connectivity index is 1.64. The van der Waals surface area contributed by atoms with Gasteiger partial charge in [0.25, 0.3) is 0 Å². The molecule has 1 aromatic carbocycles. The first-order valence-corrected chi connectivity index (χ1v) is 10.3. The summed E-state index contributed by atoms with van der Waals surface area (Å²) >= 11 is 6.01. The molecule has 1 fully saturated rings. The normalized spacial score (nSPS) is 19.0. The number of tetrazole rings is 1. The molecule has 2 heterocycles. The number of aliphatic hydroxyl groups is 1. The van der Waals surface area contributed by atoms with Crippen LogP contribution in [0.15, 0.2) is 42.5 Å². The fourth-order valence-electron chi connectivity index (χ4n) is 3.92. The van der Waals surface area contributed by atoms with Crippen molar-refractivity contribution in [3.05, 3.63) is 64.6 Å². The summed E-state index contributed by atoms with van der Waals surface area (Å²) in [6.07, 6.45) is 3.46. The van der Waals surface area contributed by atoms with Crippen molar-refractivity contribution in [3.63, 3.8) is 0 Å². The molecule has 0 unspecified atom stereocenters. The van der Waals surface area contributed by atoms with E-state index in [0.29, 0.717) is 24.7 Å². The molecule has 0 saturated heterocycles. The van der Waals surface area contributed by atoms with Crippen molar-refractivity contribution >= 4 is 11.6 Å². The van der Waals surface area contributed by atoms with E-state index < -0.39 is 0 Å². The molecule has 154 valence electrons. The van der Waals surface area contributed by atoms with Gasteiger partial charge in [-0.25, -0.2) is 4.98 Å². The van der Waals surface area contributed by atoms with Crippen molar-refractivity contribution in [1.29, 1.82) is 5.26 Å². The van der Waals surface area contributed by atoms with Gasteiger partial charge in [-0.2, -0.15) is 9.94 Å². The molecule has 8 nitrogen and oxygen atoms in total. The smallest absolute Gasteiger partial charge is 0.172 e. The zero-order chi connectivity index (χ0) is 20.9. The number of aromatic nitrogens is 5. The first-order chi connectivity index (χ1) is 14.7. The van der Waals surface area contributed by atoms with E-state index in [2.05, 4.69) is 37.5 Å². The third kappa shape index (κ3) is 4.49. The number of nitriles is 1. The predicted octanol–water partition coefficient (Wildman–Crippen LogP) is 2.89. The van der Waals surface area contributed by atoms with Crippen LogP contribution in [0.25, 0.3) is 5.82 Å². The quantitative estimate of drug-likeness (QED) is 0.649. The van der Waals surface area contributed by atoms with Gasteiger partial charge in [0, 0.05) is 12.6 Å². The fraction of sp³-hybridized carbons (Fsp3) is 0.381. The molecule has 0 aliphatic heterocycles. The second-order valence-electron chi connectivity index (χ2n) is 7.43. The molecular formula is C21H22ClN7O. The molecule has 9 heteroatoms. The van der Waals surface area contributed by atoms with Crippen molar-refractivity contribution < 1.29 is 5.11 Å². The summed E-state index contributed by atoms with van der Waals surface area (Å²) in [5.41, 5.74) is 1.28. The second kappa shape index (κ2) is 9.30. The van der Waals surface area contributed by atoms with Gasteiger partial charge in [-0.3, -0.25) is 4.90 Å². The molecule has 2 atom stereocenters. The Morgan fingerprint density at radius 3 is 2.70 bits per heavy atom. The van der Waals surface area contributed by atoms with Crippen LogP contribution in [0, 0.1) is 11.3 Å². The number of nitrogens with zero attached hydrogens (tertiary/aromatic N) is 7. The van der Waals surface area contributed by atoms with Crippen molar-refractivity contribution in [2.75, 3.05) is 0 Å². The first kappa shape index (κ1) is 20.4. The van der Waals surface area contributed by atoms with Crippen LogP contribution in [0.4, 0.5) is 0 Å². The SMILES string of the molecule is N#Cc1nc(-n2nnnc2CN(Cc2ccccc2)[C@@H]2CCCC[C@H]2O)ccc1Cl. The van der Waals surface area contributed by atoms with Crippen molar-refractivity contribution in [2.45, 2.75) is 50.9 Å². The topological polar surface area (TPSA) is 104 Å². The van der Waals surface area contributed by atoms with E-state index in [0.717, 1.165) is 31.2 Å². The van der Waals surface area contributed by atoms with E-state index in [1.165, 1.54) is 4.68 Å². The molecule has 1 N–H and O–H groups in total. The van der Waals surface area contributed by atoms with E-state index in [9.17, 15) is 10.4 Å². The summed E-state index contributed by atoms with van der Waals surface area (Å²) in [5, 5.41) is 32.3. The van der Waals surface area contributed by atoms with Gasteiger partial charge in [0.15, 0.2) is 17.3 Å². The van der Waals surface area contributed by atoms with Gasteiger partial charge < -0.3 is 5.11 Å². The minimum absolute atomic E-state index is 0.0250. The number of halogens is 1. The number of rotatable bonds is 6. The van der Waals surface area contributed by atoms with Crippen LogP contribution in [-0.2, 0) is 13.1 Å². The summed E-state index contributed by atoms with van der Waals surface area (Å²) in [6, 6.07) is 15.5. The maximum absolute atomic E-state index is 10.7. The lowest BCUT2D eigenvalue weighted by atomic mass is 9.91. The average Bonchev–Trinajstić information content (AvgIpc) is 3.23. The zero-order valence-corrected chi connectivity index (χ0v) is 17.2. The van der Waals surface area contributed by atoms with Crippen molar-refractivity contribution in [1.82, 2.24) is 30.1 Å². The van der Waals surface area contributed by atoms with E-state index in [4.69, 9.17) is 11.6 Å². The molecule has 0 spiro atoms. The highest BCUT2D eigenvalue weighted by atomic mass is 35.5. The standard InChI is InChI=1S/C21H22ClN7O/c22-16-10-11-20(24-17(16)12-23)29-21(25-26-27-29)14-28(13-15-6-2-1-3-7-15)18-8-4-5-9-19(18)30/h1-3,6-7,10-11,18-19,30H,4-5,8-9,13-14H2/t18-,19-/m1/s1. The third-order valence-corrected chi connectivity index (χ3v) is 5.73. The highest BCUT2D eigenvalue weighted by molar-refractivity contribution is 6.31. The summed E-state index contributed by atoms with van der Waals surface area (Å²) in [5.74, 6) is 1.02. The number of hydrogen-bond acceptors (Lipinski definition) is 7. The third-order valence-electron chi connectivity index (χ3n) is 5.42. The molecule has 4 rings (SSSR count). The van der Waals surface area contributed by atoms with Gasteiger partial charge in [-0.05, 0) is 41.0 Å². The van der Waals surface area contributed by atoms with Crippen LogP contribution < -0.4 is 0 Å². The lowest BCUT2D eigenvalue weighted by molar-refractivity contribution is 0.00991. The number of hydrogen-bond donors (Lipinski definition) is 1. The summed E-state index contributed by atoms with van der Waals surface area (Å²) in [6.45, 7) is 1.11. The maximum Gasteiger partial charge on any atom is 0.172 e. The van der Waals surface area contributed by atoms with E-state index in [-0.39, 0.29) is 22.9 Å². The molecule has 1 aliphatic carbocycles. The average molecular weight is 424 g/mol. The molecule has 2 aromatic heterocycles. The second-order valence-corrected chi connectivity index (χ2v) is 7.84. The summed E-state index contributed by atoms with van der Waals surface area (Å²) < 4.78 is 1.52. The van der Waals surface area contributed by atoms with Crippen LogP contribution in [0.2, 0.25) is 5.02 Å². The molecule has 1 aliphatic rings. The monoisotopic (exact) mass is 423 g/mol. The van der Waals surface area contributed by atoms with Crippen LogP contribution in [0.5, 0.6) is 0 Å². The van der Waals surface area contributed by atoms with Crippen LogP contribution >= 0.6 is 11.6 Å². The zero-order valence-electron chi connectivity index (χ0n) is 16.4. The molecule has 1 saturated carbocycles. The Labute approximate surface area is 179 Å². The maximum atomic E-state index is 10.7. The summed E-state index contributed by atoms with van der Waals surface area (Å²) in [7, 11) is 0. The Morgan fingerprint density at radius 2 is 1.93 bits per heavy atom. The highest BCUT2D eigenvalue weighted by Gasteiger charge is 2.30. The van der Waals surface area contributed by atoms with Gasteiger partial charge >= 0.3 is 0 Å². The Kier molecular flexibility index (Phi) is 6.33. The fourth-order valence-corrected chi connectivity index (χ4v) is 4.07. The Morgan fingerprint density at radius 1 is 1.13 bits per heavy atom. The molecule has 30 heavy (non-hydrogen) atoms. The molecule has 0 amide bonds. The predicted molar refractivity (Wildman–Crippen MR) is 111 cm³/mol. The highest BCUT2D eigenvalue weighted by Crippen LogP contribution is 2.26. The molecular weight excluding hydrogens is 402 g/mol. The van der Waals surface area contributed by atoms with E-state index >= 15 is 0 Å². The molecule has 0 bridgehead atoms. The van der Waals surface area contributed by atoms with Gasteiger partial charge in [-0.1, -0.05) is 54.8 Å². The lowest BCUT2D eigenvalue weighted by Gasteiger charge is -2.37. The van der Waals surface area contributed by atoms with E-state index in [1.54, 1.807) is 12.1 Å². The Bertz CT molecular complexity index is 1030. The van der Waals surface area contributed by atoms with E-state index in [1.807, 2.05) is 24.3 Å². The van der Waals surface area contributed by atoms with Gasteiger partial charge in [0.05, 0.1) is 17.7 Å². The lowest BCUT2D eigenvalue weighted by Crippen LogP contribution is -2.45. The number of aliphatic hydroxyl groups excluding tert-OH is 1. The largest absolute Gasteiger partial charge is 0.391 e. The number of benzene rings is 1. The van der Waals surface area contributed by atoms with Crippen LogP contribution in [0.1, 0.15) is 42.8 Å². The van der Waals surface area contributed by atoms with Gasteiger partial charge in [0.2, 0.25) is 0 Å². The minimum atomic E-state index is -0.384. The molecule has 3 aromatic rings. The number of pyridine rings is 1. The first-order valence-electron chi connectivity index (χ1n) is 9.96. The summed E-state index contributed by atoms with van der Waals surface area (Å²) in [4.78, 5) is 6.50. The van der Waals surface area contributed by atoms with Crippen molar-refractivity contribution in [3.8, 4) is 11.9 Å². The Hall–Kier alpha value is -2.86. The van der Waals surface area contributed by atoms with Crippen LogP contribution in [0.3, 0.4) is 0 Å². The van der Waals surface area contributed by atoms with Crippen molar-refractivity contribution in [2.24, 2.45) is 0 Å². The minimum Gasteiger partial charge on any atom is -0.391 e. The van der Waals surface area contributed by atoms with Crippen LogP contribution in [-0.4, -0.2) is 47.3 Å². The van der Waals surface area contributed by atoms with Gasteiger partial charge in [-0.15, -0.1) is 5.10 Å².